The van der Waals surface area contributed by atoms with E-state index in [9.17, 15) is 17.9 Å². The number of hydrogen-bond acceptors (Lipinski definition) is 3. The molecule has 1 aromatic rings. The van der Waals surface area contributed by atoms with E-state index in [0.29, 0.717) is 17.3 Å². The zero-order valence-corrected chi connectivity index (χ0v) is 12.3. The summed E-state index contributed by atoms with van der Waals surface area (Å²) in [6, 6.07) is 3.71. The topological polar surface area (TPSA) is 66.4 Å². The average molecular weight is 340 g/mol. The Morgan fingerprint density at radius 2 is 2.17 bits per heavy atom. The van der Waals surface area contributed by atoms with Gasteiger partial charge >= 0.3 is 0 Å². The van der Waals surface area contributed by atoms with Gasteiger partial charge in [-0.1, -0.05) is 22.9 Å². The summed E-state index contributed by atoms with van der Waals surface area (Å²) in [7, 11) is -3.88. The zero-order valence-electron chi connectivity index (χ0n) is 9.86. The van der Waals surface area contributed by atoms with Gasteiger partial charge in [-0.2, -0.15) is 0 Å². The predicted octanol–water partition coefficient (Wildman–Crippen LogP) is 2.03. The largest absolute Gasteiger partial charge is 0.393 e. The molecule has 0 aromatic heterocycles. The molecular formula is C11H15BrFNO3S. The van der Waals surface area contributed by atoms with Gasteiger partial charge in [0.2, 0.25) is 10.0 Å². The van der Waals surface area contributed by atoms with E-state index >= 15 is 0 Å². The number of rotatable bonds is 6. The first-order chi connectivity index (χ1) is 8.36. The monoisotopic (exact) mass is 339 g/mol. The molecule has 0 saturated heterocycles. The summed E-state index contributed by atoms with van der Waals surface area (Å²) < 4.78 is 39.8. The lowest BCUT2D eigenvalue weighted by Gasteiger charge is -2.10. The van der Waals surface area contributed by atoms with Crippen molar-refractivity contribution in [3.8, 4) is 0 Å². The highest BCUT2D eigenvalue weighted by Crippen LogP contribution is 2.19. The molecule has 0 heterocycles. The molecule has 0 aliphatic carbocycles. The Kier molecular flexibility index (Phi) is 5.71. The Hall–Kier alpha value is -0.500. The van der Waals surface area contributed by atoms with Crippen LogP contribution in [0.2, 0.25) is 0 Å². The summed E-state index contributed by atoms with van der Waals surface area (Å²) in [6.45, 7) is 1.87. The molecule has 0 fully saturated rings. The van der Waals surface area contributed by atoms with E-state index in [0.717, 1.165) is 6.07 Å². The van der Waals surface area contributed by atoms with Crippen LogP contribution in [0.25, 0.3) is 0 Å². The first kappa shape index (κ1) is 15.6. The lowest BCUT2D eigenvalue weighted by molar-refractivity contribution is 0.162. The minimum atomic E-state index is -3.88. The van der Waals surface area contributed by atoms with Gasteiger partial charge in [-0.25, -0.2) is 17.5 Å². The quantitative estimate of drug-likeness (QED) is 0.833. The summed E-state index contributed by atoms with van der Waals surface area (Å²) in [4.78, 5) is -0.400. The van der Waals surface area contributed by atoms with Gasteiger partial charge < -0.3 is 5.11 Å². The zero-order chi connectivity index (χ0) is 13.8. The third kappa shape index (κ3) is 4.31. The van der Waals surface area contributed by atoms with E-state index in [1.54, 1.807) is 6.92 Å². The van der Waals surface area contributed by atoms with Gasteiger partial charge in [0, 0.05) is 11.0 Å². The second-order valence-electron chi connectivity index (χ2n) is 3.82. The second-order valence-corrected chi connectivity index (χ2v) is 6.47. The number of hydrogen-bond donors (Lipinski definition) is 2. The fraction of sp³-hybridized carbons (Fsp3) is 0.455. The molecule has 0 aliphatic heterocycles. The van der Waals surface area contributed by atoms with Crippen LogP contribution >= 0.6 is 15.9 Å². The van der Waals surface area contributed by atoms with E-state index in [-0.39, 0.29) is 6.54 Å². The Morgan fingerprint density at radius 1 is 1.50 bits per heavy atom. The summed E-state index contributed by atoms with van der Waals surface area (Å²) in [5.74, 6) is -0.804. The molecule has 0 aliphatic rings. The van der Waals surface area contributed by atoms with Crippen LogP contribution in [0.1, 0.15) is 19.8 Å². The van der Waals surface area contributed by atoms with E-state index in [2.05, 4.69) is 20.7 Å². The first-order valence-electron chi connectivity index (χ1n) is 5.49. The van der Waals surface area contributed by atoms with Crippen LogP contribution in [0.5, 0.6) is 0 Å². The number of sulfonamides is 1. The summed E-state index contributed by atoms with van der Waals surface area (Å²) in [5, 5.41) is 9.31. The van der Waals surface area contributed by atoms with Crippen molar-refractivity contribution in [3.05, 3.63) is 28.5 Å². The molecule has 7 heteroatoms. The summed E-state index contributed by atoms with van der Waals surface area (Å²) in [6.07, 6.45) is 0.290. The fourth-order valence-electron chi connectivity index (χ4n) is 1.32. The van der Waals surface area contributed by atoms with Gasteiger partial charge in [0.25, 0.3) is 0 Å². The molecule has 0 spiro atoms. The maximum atomic E-state index is 13.4. The number of aliphatic hydroxyl groups excluding tert-OH is 1. The van der Waals surface area contributed by atoms with Gasteiger partial charge in [0.1, 0.15) is 10.7 Å². The van der Waals surface area contributed by atoms with E-state index in [1.165, 1.54) is 12.1 Å². The SMILES string of the molecule is CCC(O)CCNS(=O)(=O)c1cc(Br)ccc1F. The lowest BCUT2D eigenvalue weighted by Crippen LogP contribution is -2.28. The average Bonchev–Trinajstić information content (AvgIpc) is 2.31. The van der Waals surface area contributed by atoms with Crippen LogP contribution in [0, 0.1) is 5.82 Å². The smallest absolute Gasteiger partial charge is 0.243 e. The summed E-state index contributed by atoms with van der Waals surface area (Å²) >= 11 is 3.09. The van der Waals surface area contributed by atoms with Crippen molar-refractivity contribution in [1.29, 1.82) is 0 Å². The third-order valence-electron chi connectivity index (χ3n) is 2.42. The van der Waals surface area contributed by atoms with Gasteiger partial charge in [0.15, 0.2) is 0 Å². The Balaban J connectivity index is 2.77. The molecule has 102 valence electrons. The van der Waals surface area contributed by atoms with Gasteiger partial charge in [-0.15, -0.1) is 0 Å². The van der Waals surface area contributed by atoms with Crippen molar-refractivity contribution in [2.75, 3.05) is 6.54 Å². The van der Waals surface area contributed by atoms with Crippen molar-refractivity contribution in [2.24, 2.45) is 0 Å². The van der Waals surface area contributed by atoms with Gasteiger partial charge in [-0.05, 0) is 31.0 Å². The highest BCUT2D eigenvalue weighted by molar-refractivity contribution is 9.10. The van der Waals surface area contributed by atoms with Gasteiger partial charge in [0.05, 0.1) is 6.10 Å². The summed E-state index contributed by atoms with van der Waals surface area (Å²) in [5.41, 5.74) is 0. The Labute approximate surface area is 114 Å². The number of nitrogens with one attached hydrogen (secondary N) is 1. The van der Waals surface area contributed by atoms with Gasteiger partial charge in [-0.3, -0.25) is 0 Å². The van der Waals surface area contributed by atoms with Crippen LogP contribution in [0.3, 0.4) is 0 Å². The van der Waals surface area contributed by atoms with Crippen molar-refractivity contribution in [2.45, 2.75) is 30.8 Å². The lowest BCUT2D eigenvalue weighted by atomic mass is 10.2. The van der Waals surface area contributed by atoms with E-state index in [4.69, 9.17) is 0 Å². The van der Waals surface area contributed by atoms with E-state index < -0.39 is 26.8 Å². The highest BCUT2D eigenvalue weighted by Gasteiger charge is 2.19. The molecule has 1 rings (SSSR count). The molecular weight excluding hydrogens is 325 g/mol. The molecule has 1 unspecified atom stereocenters. The minimum Gasteiger partial charge on any atom is -0.393 e. The number of aliphatic hydroxyl groups is 1. The molecule has 2 N–H and O–H groups in total. The number of benzene rings is 1. The molecule has 0 amide bonds. The molecule has 18 heavy (non-hydrogen) atoms. The van der Waals surface area contributed by atoms with Crippen molar-refractivity contribution < 1.29 is 17.9 Å². The maximum absolute atomic E-state index is 13.4. The van der Waals surface area contributed by atoms with Crippen LogP contribution in [0.4, 0.5) is 4.39 Å². The van der Waals surface area contributed by atoms with Crippen LogP contribution in [0.15, 0.2) is 27.6 Å². The molecule has 1 atom stereocenters. The normalized spacial score (nSPS) is 13.6. The molecule has 0 bridgehead atoms. The Bertz CT molecular complexity index is 507. The maximum Gasteiger partial charge on any atom is 0.243 e. The highest BCUT2D eigenvalue weighted by atomic mass is 79.9. The third-order valence-corrected chi connectivity index (χ3v) is 4.39. The standard InChI is InChI=1S/C11H15BrFNO3S/c1-2-9(15)5-6-14-18(16,17)11-7-8(12)3-4-10(11)13/h3-4,7,9,14-15H,2,5-6H2,1H3. The number of halogens is 2. The molecule has 0 radical (unpaired) electrons. The Morgan fingerprint density at radius 3 is 2.78 bits per heavy atom. The van der Waals surface area contributed by atoms with Crippen LogP contribution in [-0.2, 0) is 10.0 Å². The van der Waals surface area contributed by atoms with Crippen molar-refractivity contribution >= 4 is 26.0 Å². The van der Waals surface area contributed by atoms with Crippen molar-refractivity contribution in [1.82, 2.24) is 4.72 Å². The molecule has 0 saturated carbocycles. The van der Waals surface area contributed by atoms with E-state index in [1.807, 2.05) is 0 Å². The molecule has 1 aromatic carbocycles. The van der Waals surface area contributed by atoms with Crippen molar-refractivity contribution in [3.63, 3.8) is 0 Å². The first-order valence-corrected chi connectivity index (χ1v) is 7.77. The minimum absolute atomic E-state index is 0.0727. The predicted molar refractivity (Wildman–Crippen MR) is 70.2 cm³/mol. The fourth-order valence-corrected chi connectivity index (χ4v) is 2.99. The second kappa shape index (κ2) is 6.60. The van der Waals surface area contributed by atoms with Crippen LogP contribution < -0.4 is 4.72 Å². The molecule has 4 nitrogen and oxygen atoms in total. The van der Waals surface area contributed by atoms with Crippen LogP contribution in [-0.4, -0.2) is 26.2 Å².